The zero-order chi connectivity index (χ0) is 10.7. The highest BCUT2D eigenvalue weighted by atomic mass is 35.5. The molecule has 0 unspecified atom stereocenters. The highest BCUT2D eigenvalue weighted by Crippen LogP contribution is 2.19. The maximum absolute atomic E-state index is 8.55. The molecule has 2 heterocycles. The number of imidazole rings is 1. The third-order valence-corrected chi connectivity index (χ3v) is 2.20. The van der Waals surface area contributed by atoms with Crippen LogP contribution in [0.25, 0.3) is 11.5 Å². The Bertz CT molecular complexity index is 498. The van der Waals surface area contributed by atoms with E-state index in [1.807, 2.05) is 24.3 Å². The first-order valence-corrected chi connectivity index (χ1v) is 4.72. The number of pyridine rings is 1. The summed E-state index contributed by atoms with van der Waals surface area (Å²) in [7, 11) is 0. The highest BCUT2D eigenvalue weighted by Gasteiger charge is 2.09. The maximum atomic E-state index is 8.55. The van der Waals surface area contributed by atoms with Crippen LogP contribution in [-0.2, 0) is 6.42 Å². The first-order valence-electron chi connectivity index (χ1n) is 4.34. The van der Waals surface area contributed by atoms with Crippen molar-refractivity contribution in [1.82, 2.24) is 15.0 Å². The van der Waals surface area contributed by atoms with Crippen molar-refractivity contribution in [1.29, 1.82) is 5.26 Å². The standard InChI is InChI=1S/C10H7ClN4/c11-9-7(4-5-12)14-10(15-9)8-3-1-2-6-13-8/h1-3,6H,4H2,(H,14,15). The van der Waals surface area contributed by atoms with Crippen molar-refractivity contribution in [3.63, 3.8) is 0 Å². The maximum Gasteiger partial charge on any atom is 0.158 e. The van der Waals surface area contributed by atoms with Gasteiger partial charge in [0.05, 0.1) is 18.2 Å². The molecule has 5 heteroatoms. The zero-order valence-corrected chi connectivity index (χ0v) is 8.49. The fourth-order valence-corrected chi connectivity index (χ4v) is 1.41. The molecule has 0 amide bonds. The van der Waals surface area contributed by atoms with Gasteiger partial charge in [-0.15, -0.1) is 0 Å². The van der Waals surface area contributed by atoms with Crippen molar-refractivity contribution < 1.29 is 0 Å². The Morgan fingerprint density at radius 3 is 3.00 bits per heavy atom. The summed E-state index contributed by atoms with van der Waals surface area (Å²) in [5, 5.41) is 8.88. The molecule has 0 saturated carbocycles. The van der Waals surface area contributed by atoms with Gasteiger partial charge in [-0.3, -0.25) is 4.98 Å². The molecule has 0 fully saturated rings. The Morgan fingerprint density at radius 2 is 2.33 bits per heavy atom. The van der Waals surface area contributed by atoms with Crippen LogP contribution in [-0.4, -0.2) is 15.0 Å². The first-order chi connectivity index (χ1) is 7.31. The van der Waals surface area contributed by atoms with Crippen molar-refractivity contribution in [2.75, 3.05) is 0 Å². The average Bonchev–Trinajstić information content (AvgIpc) is 2.63. The van der Waals surface area contributed by atoms with Crippen molar-refractivity contribution in [2.24, 2.45) is 0 Å². The van der Waals surface area contributed by atoms with E-state index in [-0.39, 0.29) is 6.42 Å². The number of nitriles is 1. The molecule has 2 aromatic rings. The molecule has 74 valence electrons. The van der Waals surface area contributed by atoms with E-state index in [0.29, 0.717) is 22.4 Å². The van der Waals surface area contributed by atoms with Gasteiger partial charge in [0.1, 0.15) is 5.69 Å². The lowest BCUT2D eigenvalue weighted by Crippen LogP contribution is -1.85. The van der Waals surface area contributed by atoms with E-state index in [0.717, 1.165) is 0 Å². The number of H-pyrrole nitrogens is 1. The molecule has 0 aliphatic rings. The summed E-state index contributed by atoms with van der Waals surface area (Å²) in [5.74, 6) is 0.589. The van der Waals surface area contributed by atoms with Crippen LogP contribution in [0.4, 0.5) is 0 Å². The quantitative estimate of drug-likeness (QED) is 0.840. The average molecular weight is 219 g/mol. The van der Waals surface area contributed by atoms with Gasteiger partial charge in [-0.25, -0.2) is 4.98 Å². The summed E-state index contributed by atoms with van der Waals surface area (Å²) in [6.45, 7) is 0. The minimum atomic E-state index is 0.221. The summed E-state index contributed by atoms with van der Waals surface area (Å²) in [6, 6.07) is 7.53. The van der Waals surface area contributed by atoms with E-state index in [9.17, 15) is 0 Å². The SMILES string of the molecule is N#CCc1[nH]c(-c2ccccn2)nc1Cl. The number of halogens is 1. The predicted octanol–water partition coefficient (Wildman–Crippen LogP) is 2.19. The van der Waals surface area contributed by atoms with Crippen LogP contribution in [0.2, 0.25) is 5.15 Å². The largest absolute Gasteiger partial charge is 0.338 e. The number of nitrogens with zero attached hydrogens (tertiary/aromatic N) is 3. The Kier molecular flexibility index (Phi) is 2.66. The third kappa shape index (κ3) is 1.97. The van der Waals surface area contributed by atoms with Crippen molar-refractivity contribution in [2.45, 2.75) is 6.42 Å². The summed E-state index contributed by atoms with van der Waals surface area (Å²) >= 11 is 5.85. The van der Waals surface area contributed by atoms with E-state index < -0.39 is 0 Å². The lowest BCUT2D eigenvalue weighted by atomic mass is 10.3. The van der Waals surface area contributed by atoms with Crippen molar-refractivity contribution >= 4 is 11.6 Å². The molecule has 2 rings (SSSR count). The number of hydrogen-bond donors (Lipinski definition) is 1. The van der Waals surface area contributed by atoms with Gasteiger partial charge in [0.25, 0.3) is 0 Å². The second kappa shape index (κ2) is 4.11. The molecule has 0 aliphatic carbocycles. The molecule has 2 aromatic heterocycles. The zero-order valence-electron chi connectivity index (χ0n) is 7.74. The molecule has 0 aromatic carbocycles. The molecule has 1 N–H and O–H groups in total. The van der Waals surface area contributed by atoms with E-state index in [1.54, 1.807) is 6.20 Å². The van der Waals surface area contributed by atoms with Crippen LogP contribution in [0.15, 0.2) is 24.4 Å². The van der Waals surface area contributed by atoms with Crippen LogP contribution in [0, 0.1) is 11.3 Å². The highest BCUT2D eigenvalue weighted by molar-refractivity contribution is 6.30. The Labute approximate surface area is 91.6 Å². The number of hydrogen-bond acceptors (Lipinski definition) is 3. The van der Waals surface area contributed by atoms with Gasteiger partial charge in [-0.2, -0.15) is 5.26 Å². The molecule has 4 nitrogen and oxygen atoms in total. The Balaban J connectivity index is 2.40. The minimum absolute atomic E-state index is 0.221. The summed E-state index contributed by atoms with van der Waals surface area (Å²) < 4.78 is 0. The lowest BCUT2D eigenvalue weighted by molar-refractivity contribution is 1.15. The Hall–Kier alpha value is -1.86. The van der Waals surface area contributed by atoms with Gasteiger partial charge in [-0.05, 0) is 12.1 Å². The molecule has 0 aliphatic heterocycles. The van der Waals surface area contributed by atoms with E-state index >= 15 is 0 Å². The summed E-state index contributed by atoms with van der Waals surface area (Å²) in [4.78, 5) is 11.2. The fourth-order valence-electron chi connectivity index (χ4n) is 1.21. The molecule has 0 saturated heterocycles. The number of nitrogens with one attached hydrogen (secondary N) is 1. The van der Waals surface area contributed by atoms with Gasteiger partial charge in [0.15, 0.2) is 11.0 Å². The summed E-state index contributed by atoms with van der Waals surface area (Å²) in [6.07, 6.45) is 1.90. The van der Waals surface area contributed by atoms with E-state index in [1.165, 1.54) is 0 Å². The van der Waals surface area contributed by atoms with Gasteiger partial charge >= 0.3 is 0 Å². The molecule has 0 radical (unpaired) electrons. The molecular weight excluding hydrogens is 212 g/mol. The van der Waals surface area contributed by atoms with E-state index in [2.05, 4.69) is 15.0 Å². The number of aromatic nitrogens is 3. The van der Waals surface area contributed by atoms with Crippen LogP contribution >= 0.6 is 11.6 Å². The second-order valence-corrected chi connectivity index (χ2v) is 3.26. The number of rotatable bonds is 2. The normalized spacial score (nSPS) is 9.87. The molecule has 15 heavy (non-hydrogen) atoms. The number of aromatic amines is 1. The summed E-state index contributed by atoms with van der Waals surface area (Å²) in [5.41, 5.74) is 1.34. The monoisotopic (exact) mass is 218 g/mol. The van der Waals surface area contributed by atoms with Crippen LogP contribution in [0.3, 0.4) is 0 Å². The van der Waals surface area contributed by atoms with Crippen molar-refractivity contribution in [3.8, 4) is 17.6 Å². The van der Waals surface area contributed by atoms with Crippen LogP contribution < -0.4 is 0 Å². The van der Waals surface area contributed by atoms with Crippen LogP contribution in [0.1, 0.15) is 5.69 Å². The fraction of sp³-hybridized carbons (Fsp3) is 0.100. The van der Waals surface area contributed by atoms with E-state index in [4.69, 9.17) is 16.9 Å². The third-order valence-electron chi connectivity index (χ3n) is 1.89. The van der Waals surface area contributed by atoms with Crippen molar-refractivity contribution in [3.05, 3.63) is 35.2 Å². The van der Waals surface area contributed by atoms with Gasteiger partial charge in [0.2, 0.25) is 0 Å². The molecular formula is C10H7ClN4. The lowest BCUT2D eigenvalue weighted by Gasteiger charge is -1.92. The smallest absolute Gasteiger partial charge is 0.158 e. The molecule has 0 spiro atoms. The van der Waals surface area contributed by atoms with Gasteiger partial charge < -0.3 is 4.98 Å². The first kappa shape index (κ1) is 9.69. The molecule has 0 atom stereocenters. The second-order valence-electron chi connectivity index (χ2n) is 2.90. The van der Waals surface area contributed by atoms with Gasteiger partial charge in [-0.1, -0.05) is 17.7 Å². The van der Waals surface area contributed by atoms with Crippen LogP contribution in [0.5, 0.6) is 0 Å². The minimum Gasteiger partial charge on any atom is -0.338 e. The van der Waals surface area contributed by atoms with Gasteiger partial charge in [0, 0.05) is 6.20 Å². The molecule has 0 bridgehead atoms. The Morgan fingerprint density at radius 1 is 1.47 bits per heavy atom. The predicted molar refractivity (Wildman–Crippen MR) is 56.1 cm³/mol. The topological polar surface area (TPSA) is 65.4 Å².